The predicted molar refractivity (Wildman–Crippen MR) is 233 cm³/mol. The Hall–Kier alpha value is -3.68. The van der Waals surface area contributed by atoms with Crippen molar-refractivity contribution in [2.75, 3.05) is 33.9 Å². The number of thiazole rings is 1. The lowest BCUT2D eigenvalue weighted by atomic mass is 9.82. The molecule has 1 aromatic carbocycles. The molecule has 5 aliphatic rings. The van der Waals surface area contributed by atoms with Gasteiger partial charge in [0.2, 0.25) is 0 Å². The third-order valence-electron chi connectivity index (χ3n) is 14.4. The zero-order valence-corrected chi connectivity index (χ0v) is 36.9. The Bertz CT molecular complexity index is 2200. The summed E-state index contributed by atoms with van der Waals surface area (Å²) in [7, 11) is 4.07. The van der Waals surface area contributed by atoms with Crippen molar-refractivity contribution in [2.45, 2.75) is 135 Å². The number of hydrazine groups is 1. The first-order valence-corrected chi connectivity index (χ1v) is 23.1. The van der Waals surface area contributed by atoms with Crippen molar-refractivity contribution in [1.82, 2.24) is 35.2 Å². The number of pyridine rings is 1. The van der Waals surface area contributed by atoms with Crippen molar-refractivity contribution in [3.05, 3.63) is 57.7 Å². The molecule has 1 aliphatic carbocycles. The number of ether oxygens (including phenoxy) is 2. The van der Waals surface area contributed by atoms with E-state index >= 15 is 0 Å². The molecule has 2 N–H and O–H groups in total. The van der Waals surface area contributed by atoms with Gasteiger partial charge >= 0.3 is 5.97 Å². The zero-order valence-electron chi connectivity index (χ0n) is 36.1. The number of cyclic esters (lactones) is 1. The fourth-order valence-electron chi connectivity index (χ4n) is 10.6. The van der Waals surface area contributed by atoms with Gasteiger partial charge in [0, 0.05) is 77.7 Å². The number of hydrogen-bond acceptors (Lipinski definition) is 10. The van der Waals surface area contributed by atoms with Gasteiger partial charge < -0.3 is 24.3 Å². The lowest BCUT2D eigenvalue weighted by Gasteiger charge is -2.36. The number of benzene rings is 1. The molecule has 11 nitrogen and oxygen atoms in total. The number of hydrogen-bond donors (Lipinski definition) is 2. The normalized spacial score (nSPS) is 29.1. The molecule has 0 spiro atoms. The standard InChI is InChI=1S/C47H63N7O4S/c1-8-53-41-14-11-29-19-35(41)37(44(53)36-20-32(24-49-43(36)28(3)57-7)30-17-33-12-13-34(18-30)52(33)6)22-47(4,5)26-58-46(56)38-10-9-15-54(51-38)45(55)39(48-23-31-16-27(31)2)21-42-50-40(29)25-59-42/h11,14,19-20,24-25,27-28,30-31,33-34,38-39,48,51H,8-10,12-13,15-18,21-23,26H2,1-7H3/t27-,28-,30?,31+,33?,34?,38-,39-/m0/s1. The molecule has 316 valence electrons. The molecule has 7 heterocycles. The maximum Gasteiger partial charge on any atom is 0.324 e. The van der Waals surface area contributed by atoms with Crippen molar-refractivity contribution in [1.29, 1.82) is 0 Å². The van der Waals surface area contributed by atoms with E-state index < -0.39 is 17.5 Å². The molecule has 4 fully saturated rings. The van der Waals surface area contributed by atoms with Gasteiger partial charge in [-0.05, 0) is 126 Å². The van der Waals surface area contributed by atoms with E-state index in [4.69, 9.17) is 19.4 Å². The minimum absolute atomic E-state index is 0.0441. The molecule has 8 bridgehead atoms. The van der Waals surface area contributed by atoms with Gasteiger partial charge in [-0.1, -0.05) is 26.8 Å². The summed E-state index contributed by atoms with van der Waals surface area (Å²) in [5.74, 6) is 1.37. The van der Waals surface area contributed by atoms with E-state index in [1.165, 1.54) is 41.5 Å². The first kappa shape index (κ1) is 40.7. The van der Waals surface area contributed by atoms with E-state index in [1.54, 1.807) is 23.5 Å². The third kappa shape index (κ3) is 8.00. The van der Waals surface area contributed by atoms with Crippen molar-refractivity contribution in [3.63, 3.8) is 0 Å². The van der Waals surface area contributed by atoms with Gasteiger partial charge in [-0.3, -0.25) is 19.6 Å². The van der Waals surface area contributed by atoms with Crippen LogP contribution in [0.4, 0.5) is 0 Å². The average molecular weight is 822 g/mol. The van der Waals surface area contributed by atoms with Crippen LogP contribution in [-0.4, -0.2) is 94.3 Å². The molecule has 0 radical (unpaired) electrons. The molecule has 4 aliphatic heterocycles. The largest absolute Gasteiger partial charge is 0.464 e. The molecule has 1 saturated carbocycles. The number of rotatable bonds is 8. The first-order chi connectivity index (χ1) is 28.4. The third-order valence-corrected chi connectivity index (χ3v) is 15.3. The van der Waals surface area contributed by atoms with Gasteiger partial charge in [0.05, 0.1) is 40.8 Å². The van der Waals surface area contributed by atoms with Crippen LogP contribution in [0.1, 0.15) is 113 Å². The van der Waals surface area contributed by atoms with Crippen LogP contribution in [0.5, 0.6) is 0 Å². The van der Waals surface area contributed by atoms with Crippen LogP contribution in [0.3, 0.4) is 0 Å². The van der Waals surface area contributed by atoms with Crippen LogP contribution in [0.25, 0.3) is 33.4 Å². The van der Waals surface area contributed by atoms with E-state index in [0.29, 0.717) is 55.6 Å². The molecule has 9 rings (SSSR count). The van der Waals surface area contributed by atoms with E-state index in [0.717, 1.165) is 65.4 Å². The van der Waals surface area contributed by atoms with Gasteiger partial charge in [-0.15, -0.1) is 11.3 Å². The highest BCUT2D eigenvalue weighted by atomic mass is 32.1. The van der Waals surface area contributed by atoms with Gasteiger partial charge in [0.1, 0.15) is 6.04 Å². The smallest absolute Gasteiger partial charge is 0.324 e. The van der Waals surface area contributed by atoms with Crippen molar-refractivity contribution < 1.29 is 19.1 Å². The summed E-state index contributed by atoms with van der Waals surface area (Å²) in [5.41, 5.74) is 11.8. The number of aryl methyl sites for hydroxylation is 1. The first-order valence-electron chi connectivity index (χ1n) is 22.2. The number of piperidine rings is 1. The molecule has 4 aromatic rings. The Morgan fingerprint density at radius 2 is 1.90 bits per heavy atom. The summed E-state index contributed by atoms with van der Waals surface area (Å²) in [5, 5.41) is 9.49. The fourth-order valence-corrected chi connectivity index (χ4v) is 11.4. The lowest BCUT2D eigenvalue weighted by molar-refractivity contribution is -0.155. The molecular weight excluding hydrogens is 759 g/mol. The van der Waals surface area contributed by atoms with Crippen LogP contribution in [0.2, 0.25) is 0 Å². The number of esters is 1. The number of nitrogens with zero attached hydrogens (tertiary/aromatic N) is 5. The Morgan fingerprint density at radius 1 is 1.12 bits per heavy atom. The Kier molecular flexibility index (Phi) is 11.3. The highest BCUT2D eigenvalue weighted by Gasteiger charge is 2.40. The number of carbonyl (C=O) groups excluding carboxylic acids is 2. The summed E-state index contributed by atoms with van der Waals surface area (Å²) in [6, 6.07) is 9.41. The van der Waals surface area contributed by atoms with Gasteiger partial charge in [-0.2, -0.15) is 0 Å². The van der Waals surface area contributed by atoms with Crippen molar-refractivity contribution in [2.24, 2.45) is 17.3 Å². The van der Waals surface area contributed by atoms with Crippen molar-refractivity contribution >= 4 is 34.1 Å². The summed E-state index contributed by atoms with van der Waals surface area (Å²) >= 11 is 1.61. The van der Waals surface area contributed by atoms with Crippen LogP contribution in [-0.2, 0) is 38.4 Å². The molecular formula is C47H63N7O4S. The minimum atomic E-state index is -0.584. The highest BCUT2D eigenvalue weighted by molar-refractivity contribution is 7.10. The summed E-state index contributed by atoms with van der Waals surface area (Å²) < 4.78 is 14.7. The number of methoxy groups -OCH3 is 1. The molecule has 12 heteroatoms. The van der Waals surface area contributed by atoms with Crippen molar-refractivity contribution in [3.8, 4) is 22.5 Å². The van der Waals surface area contributed by atoms with E-state index in [9.17, 15) is 9.59 Å². The van der Waals surface area contributed by atoms with Gasteiger partial charge in [-0.25, -0.2) is 10.4 Å². The minimum Gasteiger partial charge on any atom is -0.464 e. The lowest BCUT2D eigenvalue weighted by Crippen LogP contribution is -2.60. The summed E-state index contributed by atoms with van der Waals surface area (Å²) in [6.45, 7) is 13.3. The topological polar surface area (TPSA) is 114 Å². The number of amides is 1. The second-order valence-corrected chi connectivity index (χ2v) is 20.1. The van der Waals surface area contributed by atoms with E-state index in [2.05, 4.69) is 97.7 Å². The number of carbonyl (C=O) groups is 2. The number of fused-ring (bicyclic) bond motifs is 8. The molecule has 7 atom stereocenters. The monoisotopic (exact) mass is 821 g/mol. The van der Waals surface area contributed by atoms with Gasteiger partial charge in [0.15, 0.2) is 0 Å². The van der Waals surface area contributed by atoms with Crippen LogP contribution < -0.4 is 10.7 Å². The second-order valence-electron chi connectivity index (χ2n) is 19.1. The quantitative estimate of drug-likeness (QED) is 0.173. The number of aromatic nitrogens is 3. The molecule has 3 aromatic heterocycles. The predicted octanol–water partition coefficient (Wildman–Crippen LogP) is 7.67. The van der Waals surface area contributed by atoms with Gasteiger partial charge in [0.25, 0.3) is 5.91 Å². The summed E-state index contributed by atoms with van der Waals surface area (Å²) in [6.07, 6.45) is 10.5. The Morgan fingerprint density at radius 3 is 2.63 bits per heavy atom. The Labute approximate surface area is 353 Å². The maximum absolute atomic E-state index is 14.2. The Balaban J connectivity index is 1.17. The van der Waals surface area contributed by atoms with E-state index in [1.807, 2.05) is 0 Å². The number of nitrogens with one attached hydrogen (secondary N) is 2. The van der Waals surface area contributed by atoms with Crippen LogP contribution in [0.15, 0.2) is 35.8 Å². The van der Waals surface area contributed by atoms with Crippen LogP contribution in [0, 0.1) is 17.3 Å². The molecule has 59 heavy (non-hydrogen) atoms. The zero-order chi connectivity index (χ0) is 41.2. The molecule has 2 unspecified atom stereocenters. The second kappa shape index (κ2) is 16.3. The highest BCUT2D eigenvalue weighted by Crippen LogP contribution is 2.46. The fraction of sp³-hybridized carbons (Fsp3) is 0.617. The van der Waals surface area contributed by atoms with Crippen LogP contribution >= 0.6 is 11.3 Å². The SMILES string of the molecule is CCn1c(-c2cc(C3CC4CCC(C3)N4C)cnc2[C@H](C)OC)c2c3cc(ccc31)-c1csc(n1)C[C@H](NC[C@H]1C[C@@H]1C)C(=O)N1CCC[C@H](N1)C(=O)OCC(C)(C)C2. The average Bonchev–Trinajstić information content (AvgIpc) is 3.50. The molecule has 3 saturated heterocycles. The molecule has 1 amide bonds. The maximum atomic E-state index is 14.2. The van der Waals surface area contributed by atoms with E-state index in [-0.39, 0.29) is 24.6 Å². The summed E-state index contributed by atoms with van der Waals surface area (Å²) in [4.78, 5) is 41.0.